The highest BCUT2D eigenvalue weighted by molar-refractivity contribution is 9.09. The van der Waals surface area contributed by atoms with Crippen molar-refractivity contribution in [2.24, 2.45) is 0 Å². The molecule has 0 aromatic heterocycles. The van der Waals surface area contributed by atoms with E-state index in [-0.39, 0.29) is 0 Å². The number of alkyl halides is 1. The molecule has 2 heteroatoms. The molecule has 2 rings (SSSR count). The van der Waals surface area contributed by atoms with Crippen molar-refractivity contribution in [3.05, 3.63) is 70.2 Å². The number of hydrogen-bond donors (Lipinski definition) is 0. The zero-order chi connectivity index (χ0) is 13.0. The third kappa shape index (κ3) is 3.37. The normalized spacial score (nSPS) is 12.4. The Morgan fingerprint density at radius 2 is 1.89 bits per heavy atom. The molecule has 0 aliphatic rings. The van der Waals surface area contributed by atoms with Gasteiger partial charge >= 0.3 is 0 Å². The largest absolute Gasteiger partial charge is 0.0921 e. The maximum Gasteiger partial charge on any atom is 0.0408 e. The SMILES string of the molecule is Cc1ccccc1CC(CBr)c1cccc(Cl)c1. The smallest absolute Gasteiger partial charge is 0.0408 e. The Labute approximate surface area is 122 Å². The average molecular weight is 324 g/mol. The van der Waals surface area contributed by atoms with E-state index in [1.165, 1.54) is 16.7 Å². The van der Waals surface area contributed by atoms with Crippen LogP contribution in [0.15, 0.2) is 48.5 Å². The van der Waals surface area contributed by atoms with E-state index in [9.17, 15) is 0 Å². The number of aryl methyl sites for hydroxylation is 1. The first-order valence-corrected chi connectivity index (χ1v) is 7.56. The summed E-state index contributed by atoms with van der Waals surface area (Å²) in [4.78, 5) is 0. The molecular weight excluding hydrogens is 308 g/mol. The zero-order valence-electron chi connectivity index (χ0n) is 10.4. The molecule has 0 aliphatic heterocycles. The summed E-state index contributed by atoms with van der Waals surface area (Å²) in [6.45, 7) is 2.17. The molecule has 0 saturated carbocycles. The van der Waals surface area contributed by atoms with Crippen LogP contribution in [0.3, 0.4) is 0 Å². The quantitative estimate of drug-likeness (QED) is 0.664. The van der Waals surface area contributed by atoms with Gasteiger partial charge < -0.3 is 0 Å². The third-order valence-corrected chi connectivity index (χ3v) is 4.25. The van der Waals surface area contributed by atoms with Crippen LogP contribution in [0.4, 0.5) is 0 Å². The fraction of sp³-hybridized carbons (Fsp3) is 0.250. The first-order valence-electron chi connectivity index (χ1n) is 6.06. The van der Waals surface area contributed by atoms with Gasteiger partial charge in [0.2, 0.25) is 0 Å². The molecule has 0 amide bonds. The molecule has 2 aromatic rings. The van der Waals surface area contributed by atoms with E-state index in [1.54, 1.807) is 0 Å². The van der Waals surface area contributed by atoms with Gasteiger partial charge in [-0.15, -0.1) is 0 Å². The molecule has 0 bridgehead atoms. The van der Waals surface area contributed by atoms with Crippen molar-refractivity contribution in [2.75, 3.05) is 5.33 Å². The maximum absolute atomic E-state index is 6.06. The fourth-order valence-electron chi connectivity index (χ4n) is 2.13. The van der Waals surface area contributed by atoms with Gasteiger partial charge in [0, 0.05) is 10.4 Å². The van der Waals surface area contributed by atoms with Gasteiger partial charge in [-0.3, -0.25) is 0 Å². The summed E-state index contributed by atoms with van der Waals surface area (Å²) in [5.41, 5.74) is 4.05. The van der Waals surface area contributed by atoms with Crippen molar-refractivity contribution in [3.63, 3.8) is 0 Å². The Bertz CT molecular complexity index is 522. The van der Waals surface area contributed by atoms with Crippen LogP contribution < -0.4 is 0 Å². The molecule has 94 valence electrons. The Morgan fingerprint density at radius 1 is 1.11 bits per heavy atom. The van der Waals surface area contributed by atoms with Crippen molar-refractivity contribution in [3.8, 4) is 0 Å². The predicted octanol–water partition coefficient (Wildman–Crippen LogP) is 5.37. The van der Waals surface area contributed by atoms with Gasteiger partial charge in [-0.2, -0.15) is 0 Å². The molecular formula is C16H16BrCl. The van der Waals surface area contributed by atoms with Crippen molar-refractivity contribution in [2.45, 2.75) is 19.3 Å². The Hall–Kier alpha value is -0.790. The molecule has 18 heavy (non-hydrogen) atoms. The van der Waals surface area contributed by atoms with Crippen LogP contribution in [0.1, 0.15) is 22.6 Å². The summed E-state index contributed by atoms with van der Waals surface area (Å²) in [5, 5.41) is 1.75. The van der Waals surface area contributed by atoms with Crippen LogP contribution in [0.2, 0.25) is 5.02 Å². The molecule has 1 atom stereocenters. The van der Waals surface area contributed by atoms with E-state index in [0.717, 1.165) is 16.8 Å². The molecule has 0 spiro atoms. The Kier molecular flexibility index (Phi) is 4.85. The van der Waals surface area contributed by atoms with E-state index in [1.807, 2.05) is 12.1 Å². The first kappa shape index (κ1) is 13.6. The van der Waals surface area contributed by atoms with Crippen molar-refractivity contribution in [1.29, 1.82) is 0 Å². The van der Waals surface area contributed by atoms with E-state index in [0.29, 0.717) is 5.92 Å². The fourth-order valence-corrected chi connectivity index (χ4v) is 2.93. The number of benzene rings is 2. The van der Waals surface area contributed by atoms with Gasteiger partial charge in [0.1, 0.15) is 0 Å². The lowest BCUT2D eigenvalue weighted by atomic mass is 9.92. The minimum absolute atomic E-state index is 0.463. The second-order valence-electron chi connectivity index (χ2n) is 4.54. The predicted molar refractivity (Wildman–Crippen MR) is 82.9 cm³/mol. The molecule has 0 heterocycles. The summed E-state index contributed by atoms with van der Waals surface area (Å²) in [6.07, 6.45) is 1.04. The second kappa shape index (κ2) is 6.40. The van der Waals surface area contributed by atoms with Crippen LogP contribution in [0, 0.1) is 6.92 Å². The van der Waals surface area contributed by atoms with Crippen molar-refractivity contribution >= 4 is 27.5 Å². The lowest BCUT2D eigenvalue weighted by molar-refractivity contribution is 0.771. The second-order valence-corrected chi connectivity index (χ2v) is 5.62. The average Bonchev–Trinajstić information content (AvgIpc) is 2.38. The van der Waals surface area contributed by atoms with Crippen LogP contribution in [0.25, 0.3) is 0 Å². The van der Waals surface area contributed by atoms with E-state index in [4.69, 9.17) is 11.6 Å². The molecule has 1 unspecified atom stereocenters. The summed E-state index contributed by atoms with van der Waals surface area (Å²) in [7, 11) is 0. The Morgan fingerprint density at radius 3 is 2.56 bits per heavy atom. The minimum Gasteiger partial charge on any atom is -0.0921 e. The summed E-state index contributed by atoms with van der Waals surface area (Å²) < 4.78 is 0. The van der Waals surface area contributed by atoms with Crippen LogP contribution in [-0.4, -0.2) is 5.33 Å². The summed E-state index contributed by atoms with van der Waals surface area (Å²) >= 11 is 9.68. The third-order valence-electron chi connectivity index (χ3n) is 3.23. The Balaban J connectivity index is 2.23. The lowest BCUT2D eigenvalue weighted by Crippen LogP contribution is -2.05. The molecule has 0 N–H and O–H groups in total. The molecule has 2 aromatic carbocycles. The monoisotopic (exact) mass is 322 g/mol. The summed E-state index contributed by atoms with van der Waals surface area (Å²) in [5.74, 6) is 0.463. The number of halogens is 2. The minimum atomic E-state index is 0.463. The van der Waals surface area contributed by atoms with Gasteiger partial charge in [-0.05, 0) is 48.1 Å². The maximum atomic E-state index is 6.06. The first-order chi connectivity index (χ1) is 8.70. The zero-order valence-corrected chi connectivity index (χ0v) is 12.7. The lowest BCUT2D eigenvalue weighted by Gasteiger charge is -2.16. The van der Waals surface area contributed by atoms with Gasteiger partial charge in [0.25, 0.3) is 0 Å². The van der Waals surface area contributed by atoms with Gasteiger partial charge in [-0.1, -0.05) is 63.9 Å². The standard InChI is InChI=1S/C16H16BrCl/c1-12-5-2-3-6-13(12)9-15(11-17)14-7-4-8-16(18)10-14/h2-8,10,15H,9,11H2,1H3. The summed E-state index contributed by atoms with van der Waals surface area (Å²) in [6, 6.07) is 16.7. The molecule has 0 saturated heterocycles. The highest BCUT2D eigenvalue weighted by Crippen LogP contribution is 2.26. The van der Waals surface area contributed by atoms with Gasteiger partial charge in [0.15, 0.2) is 0 Å². The van der Waals surface area contributed by atoms with E-state index < -0.39 is 0 Å². The number of rotatable bonds is 4. The van der Waals surface area contributed by atoms with E-state index >= 15 is 0 Å². The molecule has 0 nitrogen and oxygen atoms in total. The van der Waals surface area contributed by atoms with E-state index in [2.05, 4.69) is 59.3 Å². The topological polar surface area (TPSA) is 0 Å². The van der Waals surface area contributed by atoms with Crippen LogP contribution in [-0.2, 0) is 6.42 Å². The molecule has 0 radical (unpaired) electrons. The van der Waals surface area contributed by atoms with Crippen LogP contribution in [0.5, 0.6) is 0 Å². The van der Waals surface area contributed by atoms with Gasteiger partial charge in [0.05, 0.1) is 0 Å². The number of hydrogen-bond acceptors (Lipinski definition) is 0. The highest BCUT2D eigenvalue weighted by Gasteiger charge is 2.12. The molecule has 0 fully saturated rings. The van der Waals surface area contributed by atoms with Gasteiger partial charge in [-0.25, -0.2) is 0 Å². The highest BCUT2D eigenvalue weighted by atomic mass is 79.9. The van der Waals surface area contributed by atoms with Crippen molar-refractivity contribution in [1.82, 2.24) is 0 Å². The van der Waals surface area contributed by atoms with Crippen molar-refractivity contribution < 1.29 is 0 Å². The molecule has 0 aliphatic carbocycles. The van der Waals surface area contributed by atoms with Crippen LogP contribution >= 0.6 is 27.5 Å².